The number of amides is 1. The van der Waals surface area contributed by atoms with E-state index in [1.807, 2.05) is 18.2 Å². The van der Waals surface area contributed by atoms with E-state index in [9.17, 15) is 9.59 Å². The van der Waals surface area contributed by atoms with Crippen LogP contribution in [0.1, 0.15) is 12.5 Å². The lowest BCUT2D eigenvalue weighted by Gasteiger charge is -2.31. The zero-order chi connectivity index (χ0) is 13.3. The number of ketones is 1. The van der Waals surface area contributed by atoms with Gasteiger partial charge in [0.15, 0.2) is 0 Å². The highest BCUT2D eigenvalue weighted by Crippen LogP contribution is 2.32. The van der Waals surface area contributed by atoms with E-state index >= 15 is 0 Å². The minimum Gasteiger partial charge on any atom is -0.356 e. The Kier molecular flexibility index (Phi) is 3.82. The molecule has 1 unspecified atom stereocenters. The molecule has 18 heavy (non-hydrogen) atoms. The van der Waals surface area contributed by atoms with Crippen molar-refractivity contribution in [3.05, 3.63) is 35.2 Å². The van der Waals surface area contributed by atoms with Crippen LogP contribution in [0.5, 0.6) is 0 Å². The molecule has 4 nitrogen and oxygen atoms in total. The number of carbonyl (C=O) groups excluding carboxylic acids is 2. The second kappa shape index (κ2) is 5.20. The fraction of sp³-hybridized carbons (Fsp3) is 0.308. The number of nitrogens with zero attached hydrogens (tertiary/aromatic N) is 1. The number of hydrogen-bond acceptors (Lipinski definition) is 3. The van der Waals surface area contributed by atoms with Gasteiger partial charge in [0.25, 0.3) is 0 Å². The van der Waals surface area contributed by atoms with Gasteiger partial charge in [-0.15, -0.1) is 0 Å². The molecular formula is C13H13BrNO3. The Labute approximate surface area is 114 Å². The van der Waals surface area contributed by atoms with Crippen LogP contribution < -0.4 is 4.90 Å². The van der Waals surface area contributed by atoms with E-state index in [0.29, 0.717) is 6.61 Å². The number of carbonyl (C=O) groups is 2. The van der Waals surface area contributed by atoms with E-state index in [-0.39, 0.29) is 18.4 Å². The fourth-order valence-corrected chi connectivity index (χ4v) is 2.28. The smallest absolute Gasteiger partial charge is 0.239 e. The predicted molar refractivity (Wildman–Crippen MR) is 70.8 cm³/mol. The van der Waals surface area contributed by atoms with Crippen LogP contribution >= 0.6 is 15.9 Å². The van der Waals surface area contributed by atoms with Gasteiger partial charge in [0, 0.05) is 17.0 Å². The minimum atomic E-state index is -0.751. The van der Waals surface area contributed by atoms with Gasteiger partial charge < -0.3 is 4.74 Å². The van der Waals surface area contributed by atoms with E-state index in [2.05, 4.69) is 22.9 Å². The maximum atomic E-state index is 12.2. The van der Waals surface area contributed by atoms with E-state index in [0.717, 1.165) is 15.7 Å². The quantitative estimate of drug-likeness (QED) is 0.788. The molecule has 0 saturated heterocycles. The number of anilines is 1. The van der Waals surface area contributed by atoms with E-state index in [1.54, 1.807) is 6.92 Å². The van der Waals surface area contributed by atoms with Gasteiger partial charge in [-0.2, -0.15) is 0 Å². The third kappa shape index (κ3) is 2.33. The molecule has 1 heterocycles. The number of hydrogen-bond donors (Lipinski definition) is 0. The molecule has 5 heteroatoms. The van der Waals surface area contributed by atoms with Crippen LogP contribution in [0.3, 0.4) is 0 Å². The first-order valence-corrected chi connectivity index (χ1v) is 6.34. The zero-order valence-electron chi connectivity index (χ0n) is 9.98. The van der Waals surface area contributed by atoms with Crippen LogP contribution in [0.25, 0.3) is 0 Å². The molecule has 95 valence electrons. The maximum absolute atomic E-state index is 12.2. The lowest BCUT2D eigenvalue weighted by atomic mass is 10.0. The normalized spacial score (nSPS) is 16.1. The Hall–Kier alpha value is -1.20. The first-order chi connectivity index (χ1) is 8.52. The Morgan fingerprint density at radius 2 is 2.22 bits per heavy atom. The molecule has 0 fully saturated rings. The summed E-state index contributed by atoms with van der Waals surface area (Å²) >= 11 is 3.43. The molecule has 0 spiro atoms. The summed E-state index contributed by atoms with van der Waals surface area (Å²) < 4.78 is 6.28. The topological polar surface area (TPSA) is 46.6 Å². The molecule has 1 atom stereocenters. The summed E-state index contributed by atoms with van der Waals surface area (Å²) in [6, 6.07) is 5.60. The van der Waals surface area contributed by atoms with Crippen LogP contribution in [0, 0.1) is 12.8 Å². The molecule has 0 N–H and O–H groups in total. The molecule has 1 aromatic rings. The Morgan fingerprint density at radius 1 is 1.50 bits per heavy atom. The summed E-state index contributed by atoms with van der Waals surface area (Å²) in [5, 5.41) is 0. The van der Waals surface area contributed by atoms with E-state index in [1.165, 1.54) is 4.90 Å². The van der Waals surface area contributed by atoms with Gasteiger partial charge in [-0.05, 0) is 19.1 Å². The monoisotopic (exact) mass is 310 g/mol. The molecule has 0 bridgehead atoms. The van der Waals surface area contributed by atoms with Gasteiger partial charge in [0.05, 0.1) is 18.2 Å². The van der Waals surface area contributed by atoms with Crippen molar-refractivity contribution < 1.29 is 14.3 Å². The zero-order valence-corrected chi connectivity index (χ0v) is 11.6. The largest absolute Gasteiger partial charge is 0.356 e. The number of Topliss-reactive ketones (excluding diaryl/α,β-unsaturated/α-hetero) is 1. The second-order valence-electron chi connectivity index (χ2n) is 4.17. The molecule has 0 aliphatic carbocycles. The van der Waals surface area contributed by atoms with Gasteiger partial charge in [0.2, 0.25) is 5.91 Å². The maximum Gasteiger partial charge on any atom is 0.239 e. The van der Waals surface area contributed by atoms with Gasteiger partial charge in [-0.3, -0.25) is 14.5 Å². The Morgan fingerprint density at radius 3 is 2.89 bits per heavy atom. The second-order valence-corrected chi connectivity index (χ2v) is 5.02. The molecule has 0 saturated carbocycles. The summed E-state index contributed by atoms with van der Waals surface area (Å²) in [4.78, 5) is 24.9. The fourth-order valence-electron chi connectivity index (χ4n) is 1.81. The van der Waals surface area contributed by atoms with Crippen LogP contribution in [0.15, 0.2) is 22.7 Å². The highest BCUT2D eigenvalue weighted by molar-refractivity contribution is 9.10. The molecule has 1 aromatic carbocycles. The van der Waals surface area contributed by atoms with Crippen LogP contribution in [-0.2, 0) is 20.9 Å². The lowest BCUT2D eigenvalue weighted by Crippen LogP contribution is -2.41. The van der Waals surface area contributed by atoms with Gasteiger partial charge in [0.1, 0.15) is 12.5 Å². The Balaban J connectivity index is 2.36. The summed E-state index contributed by atoms with van der Waals surface area (Å²) in [5.74, 6) is -1.42. The molecule has 1 radical (unpaired) electrons. The standard InChI is InChI=1S/C13H13BrNO3/c1-8(9(2)16)13(17)15-7-18-6-10-11(14)4-3-5-12(10)15/h3-5,8H,2,6-7H2,1H3. The molecule has 1 aliphatic rings. The first-order valence-electron chi connectivity index (χ1n) is 5.54. The third-order valence-corrected chi connectivity index (χ3v) is 3.71. The van der Waals surface area contributed by atoms with Crippen LogP contribution in [0.4, 0.5) is 5.69 Å². The Bertz CT molecular complexity index is 501. The SMILES string of the molecule is [CH2]C(=O)C(C)C(=O)N1COCc2c(Br)cccc21. The summed E-state index contributed by atoms with van der Waals surface area (Å²) in [7, 11) is 0. The molecule has 1 aliphatic heterocycles. The number of fused-ring (bicyclic) bond motifs is 1. The van der Waals surface area contributed by atoms with Crippen molar-refractivity contribution in [1.82, 2.24) is 0 Å². The number of halogens is 1. The van der Waals surface area contributed by atoms with Crippen molar-refractivity contribution in [2.45, 2.75) is 13.5 Å². The summed E-state index contributed by atoms with van der Waals surface area (Å²) in [6.07, 6.45) is 0. The average Bonchev–Trinajstić information content (AvgIpc) is 2.37. The lowest BCUT2D eigenvalue weighted by molar-refractivity contribution is -0.130. The minimum absolute atomic E-state index is 0.167. The van der Waals surface area contributed by atoms with E-state index in [4.69, 9.17) is 4.74 Å². The van der Waals surface area contributed by atoms with Gasteiger partial charge in [-0.25, -0.2) is 0 Å². The van der Waals surface area contributed by atoms with Gasteiger partial charge in [-0.1, -0.05) is 22.0 Å². The molecule has 1 amide bonds. The number of rotatable bonds is 2. The summed E-state index contributed by atoms with van der Waals surface area (Å²) in [6.45, 7) is 5.47. The number of benzene rings is 1. The highest BCUT2D eigenvalue weighted by atomic mass is 79.9. The van der Waals surface area contributed by atoms with Crippen molar-refractivity contribution in [2.24, 2.45) is 5.92 Å². The van der Waals surface area contributed by atoms with Crippen LogP contribution in [0.2, 0.25) is 0 Å². The van der Waals surface area contributed by atoms with Gasteiger partial charge >= 0.3 is 0 Å². The van der Waals surface area contributed by atoms with E-state index < -0.39 is 5.92 Å². The van der Waals surface area contributed by atoms with Crippen molar-refractivity contribution >= 4 is 33.3 Å². The van der Waals surface area contributed by atoms with Crippen molar-refractivity contribution in [3.8, 4) is 0 Å². The first kappa shape index (κ1) is 13.2. The molecule has 0 aromatic heterocycles. The molecular weight excluding hydrogens is 298 g/mol. The van der Waals surface area contributed by atoms with Crippen molar-refractivity contribution in [2.75, 3.05) is 11.6 Å². The predicted octanol–water partition coefficient (Wildman–Crippen LogP) is 2.31. The van der Waals surface area contributed by atoms with Crippen LogP contribution in [-0.4, -0.2) is 18.4 Å². The third-order valence-electron chi connectivity index (χ3n) is 2.97. The highest BCUT2D eigenvalue weighted by Gasteiger charge is 2.29. The average molecular weight is 311 g/mol. The summed E-state index contributed by atoms with van der Waals surface area (Å²) in [5.41, 5.74) is 1.70. The molecule has 2 rings (SSSR count). The van der Waals surface area contributed by atoms with Crippen molar-refractivity contribution in [3.63, 3.8) is 0 Å². The van der Waals surface area contributed by atoms with Crippen molar-refractivity contribution in [1.29, 1.82) is 0 Å². The number of ether oxygens (including phenoxy) is 1.